The van der Waals surface area contributed by atoms with Gasteiger partial charge in [0.05, 0.1) is 0 Å². The van der Waals surface area contributed by atoms with Gasteiger partial charge >= 0.3 is 0 Å². The van der Waals surface area contributed by atoms with Crippen molar-refractivity contribution in [3.8, 4) is 5.75 Å². The molecular weight excluding hydrogens is 186 g/mol. The van der Waals surface area contributed by atoms with Gasteiger partial charge in [0.1, 0.15) is 5.75 Å². The second-order valence-corrected chi connectivity index (χ2v) is 4.12. The summed E-state index contributed by atoms with van der Waals surface area (Å²) in [4.78, 5) is 0. The Kier molecular flexibility index (Phi) is 5.19. The van der Waals surface area contributed by atoms with Crippen LogP contribution in [0.1, 0.15) is 25.8 Å². The summed E-state index contributed by atoms with van der Waals surface area (Å²) in [7, 11) is 0. The van der Waals surface area contributed by atoms with E-state index in [9.17, 15) is 0 Å². The molecule has 2 nitrogen and oxygen atoms in total. The van der Waals surface area contributed by atoms with E-state index in [1.54, 1.807) is 12.1 Å². The number of aromatic hydroxyl groups is 1. The fourth-order valence-corrected chi connectivity index (χ4v) is 1.57. The van der Waals surface area contributed by atoms with E-state index >= 15 is 0 Å². The van der Waals surface area contributed by atoms with Crippen LogP contribution in [0, 0.1) is 5.92 Å². The quantitative estimate of drug-likeness (QED) is 0.751. The normalized spacial score (nSPS) is 12.7. The summed E-state index contributed by atoms with van der Waals surface area (Å²) in [6, 6.07) is 7.50. The van der Waals surface area contributed by atoms with Gasteiger partial charge in [-0.3, -0.25) is 0 Å². The average molecular weight is 207 g/mol. The van der Waals surface area contributed by atoms with Gasteiger partial charge in [0.2, 0.25) is 0 Å². The molecule has 0 radical (unpaired) electrons. The van der Waals surface area contributed by atoms with E-state index < -0.39 is 0 Å². The third-order valence-corrected chi connectivity index (χ3v) is 2.60. The molecule has 0 amide bonds. The number of nitrogens with one attached hydrogen (secondary N) is 1. The second kappa shape index (κ2) is 6.46. The highest BCUT2D eigenvalue weighted by Crippen LogP contribution is 2.13. The third-order valence-electron chi connectivity index (χ3n) is 2.60. The van der Waals surface area contributed by atoms with Gasteiger partial charge in [-0.05, 0) is 49.5 Å². The molecule has 0 fully saturated rings. The Morgan fingerprint density at radius 3 is 2.53 bits per heavy atom. The highest BCUT2D eigenvalue weighted by molar-refractivity contribution is 5.25. The lowest BCUT2D eigenvalue weighted by Gasteiger charge is -2.11. The van der Waals surface area contributed by atoms with Crippen molar-refractivity contribution in [1.82, 2.24) is 5.32 Å². The van der Waals surface area contributed by atoms with Crippen LogP contribution in [-0.4, -0.2) is 18.2 Å². The molecule has 0 aromatic heterocycles. The van der Waals surface area contributed by atoms with E-state index in [2.05, 4.69) is 19.2 Å². The first-order chi connectivity index (χ1) is 7.22. The lowest BCUT2D eigenvalue weighted by Crippen LogP contribution is -2.20. The molecule has 0 aliphatic heterocycles. The maximum Gasteiger partial charge on any atom is 0.115 e. The fourth-order valence-electron chi connectivity index (χ4n) is 1.57. The third kappa shape index (κ3) is 4.84. The Morgan fingerprint density at radius 1 is 1.27 bits per heavy atom. The number of phenols is 1. The highest BCUT2D eigenvalue weighted by atomic mass is 16.3. The zero-order chi connectivity index (χ0) is 11.1. The molecule has 1 unspecified atom stereocenters. The molecule has 0 aliphatic carbocycles. The number of hydrogen-bond donors (Lipinski definition) is 2. The number of aryl methyl sites for hydroxylation is 1. The lowest BCUT2D eigenvalue weighted by molar-refractivity contribution is 0.474. The second-order valence-electron chi connectivity index (χ2n) is 4.12. The van der Waals surface area contributed by atoms with Gasteiger partial charge in [0, 0.05) is 0 Å². The van der Waals surface area contributed by atoms with E-state index in [4.69, 9.17) is 5.11 Å². The maximum atomic E-state index is 9.14. The number of hydrogen-bond acceptors (Lipinski definition) is 2. The largest absolute Gasteiger partial charge is 0.508 e. The molecule has 0 bridgehead atoms. The Balaban J connectivity index is 2.27. The summed E-state index contributed by atoms with van der Waals surface area (Å²) in [5, 5.41) is 12.5. The minimum atomic E-state index is 0.347. The van der Waals surface area contributed by atoms with Crippen molar-refractivity contribution < 1.29 is 5.11 Å². The molecule has 84 valence electrons. The molecule has 1 aromatic carbocycles. The van der Waals surface area contributed by atoms with Gasteiger partial charge in [-0.15, -0.1) is 0 Å². The Labute approximate surface area is 92.3 Å². The summed E-state index contributed by atoms with van der Waals surface area (Å²) >= 11 is 0. The molecule has 0 aliphatic rings. The predicted molar refractivity (Wildman–Crippen MR) is 64.1 cm³/mol. The molecule has 0 saturated carbocycles. The molecule has 0 heterocycles. The van der Waals surface area contributed by atoms with Crippen LogP contribution in [0.4, 0.5) is 0 Å². The van der Waals surface area contributed by atoms with Crippen LogP contribution in [0.5, 0.6) is 5.75 Å². The molecule has 1 aromatic rings. The van der Waals surface area contributed by atoms with Crippen molar-refractivity contribution in [1.29, 1.82) is 0 Å². The first kappa shape index (κ1) is 12.1. The zero-order valence-electron chi connectivity index (χ0n) is 9.66. The standard InChI is InChI=1S/C13H21NO/c1-3-14-10-11(2)4-5-12-6-8-13(15)9-7-12/h6-9,11,14-15H,3-5,10H2,1-2H3. The van der Waals surface area contributed by atoms with Gasteiger partial charge in [-0.1, -0.05) is 26.0 Å². The number of benzene rings is 1. The average Bonchev–Trinajstić information content (AvgIpc) is 2.25. The summed E-state index contributed by atoms with van der Waals surface area (Å²) in [5.41, 5.74) is 1.30. The van der Waals surface area contributed by atoms with Crippen molar-refractivity contribution in [2.24, 2.45) is 5.92 Å². The Morgan fingerprint density at radius 2 is 1.93 bits per heavy atom. The Bertz CT molecular complexity index is 268. The summed E-state index contributed by atoms with van der Waals surface area (Å²) in [6.07, 6.45) is 2.28. The predicted octanol–water partition coefficient (Wildman–Crippen LogP) is 2.57. The molecule has 2 N–H and O–H groups in total. The van der Waals surface area contributed by atoms with Crippen molar-refractivity contribution >= 4 is 0 Å². The summed E-state index contributed by atoms with van der Waals surface area (Å²) in [5.74, 6) is 1.05. The highest BCUT2D eigenvalue weighted by Gasteiger charge is 2.01. The van der Waals surface area contributed by atoms with Gasteiger partial charge in [0.25, 0.3) is 0 Å². The van der Waals surface area contributed by atoms with Crippen LogP contribution in [0.15, 0.2) is 24.3 Å². The topological polar surface area (TPSA) is 32.3 Å². The van der Waals surface area contributed by atoms with Crippen LogP contribution < -0.4 is 5.32 Å². The zero-order valence-corrected chi connectivity index (χ0v) is 9.66. The van der Waals surface area contributed by atoms with E-state index in [0.717, 1.165) is 19.5 Å². The van der Waals surface area contributed by atoms with Crippen LogP contribution in [0.3, 0.4) is 0 Å². The summed E-state index contributed by atoms with van der Waals surface area (Å²) in [6.45, 7) is 6.54. The van der Waals surface area contributed by atoms with Crippen LogP contribution in [0.25, 0.3) is 0 Å². The SMILES string of the molecule is CCNCC(C)CCc1ccc(O)cc1. The van der Waals surface area contributed by atoms with Crippen LogP contribution >= 0.6 is 0 Å². The monoisotopic (exact) mass is 207 g/mol. The van der Waals surface area contributed by atoms with E-state index in [0.29, 0.717) is 11.7 Å². The van der Waals surface area contributed by atoms with Crippen molar-refractivity contribution in [3.05, 3.63) is 29.8 Å². The van der Waals surface area contributed by atoms with E-state index in [1.165, 1.54) is 12.0 Å². The fraction of sp³-hybridized carbons (Fsp3) is 0.538. The van der Waals surface area contributed by atoms with Crippen LogP contribution in [-0.2, 0) is 6.42 Å². The van der Waals surface area contributed by atoms with Crippen molar-refractivity contribution in [3.63, 3.8) is 0 Å². The first-order valence-electron chi connectivity index (χ1n) is 5.71. The van der Waals surface area contributed by atoms with Crippen molar-refractivity contribution in [2.45, 2.75) is 26.7 Å². The smallest absolute Gasteiger partial charge is 0.115 e. The van der Waals surface area contributed by atoms with E-state index in [-0.39, 0.29) is 0 Å². The molecule has 1 atom stereocenters. The van der Waals surface area contributed by atoms with Gasteiger partial charge in [-0.25, -0.2) is 0 Å². The molecule has 0 spiro atoms. The molecule has 0 saturated heterocycles. The number of rotatable bonds is 6. The molecule has 2 heteroatoms. The van der Waals surface area contributed by atoms with Gasteiger partial charge in [-0.2, -0.15) is 0 Å². The first-order valence-corrected chi connectivity index (χ1v) is 5.71. The Hall–Kier alpha value is -1.02. The minimum absolute atomic E-state index is 0.347. The van der Waals surface area contributed by atoms with Crippen LogP contribution in [0.2, 0.25) is 0 Å². The lowest BCUT2D eigenvalue weighted by atomic mass is 10.0. The van der Waals surface area contributed by atoms with Gasteiger partial charge in [0.15, 0.2) is 0 Å². The van der Waals surface area contributed by atoms with E-state index in [1.807, 2.05) is 12.1 Å². The molecule has 15 heavy (non-hydrogen) atoms. The van der Waals surface area contributed by atoms with Gasteiger partial charge < -0.3 is 10.4 Å². The summed E-state index contributed by atoms with van der Waals surface area (Å²) < 4.78 is 0. The molecule has 1 rings (SSSR count). The maximum absolute atomic E-state index is 9.14. The molecular formula is C13H21NO. The number of phenolic OH excluding ortho intramolecular Hbond substituents is 1. The van der Waals surface area contributed by atoms with Crippen molar-refractivity contribution in [2.75, 3.05) is 13.1 Å². The minimum Gasteiger partial charge on any atom is -0.508 e.